The zero-order valence-electron chi connectivity index (χ0n) is 11.3. The van der Waals surface area contributed by atoms with E-state index in [1.54, 1.807) is 17.4 Å². The van der Waals surface area contributed by atoms with Crippen molar-refractivity contribution in [1.82, 2.24) is 4.31 Å². The molecule has 0 bridgehead atoms. The summed E-state index contributed by atoms with van der Waals surface area (Å²) in [5.74, 6) is 0.967. The summed E-state index contributed by atoms with van der Waals surface area (Å²) in [5, 5.41) is 1.82. The standard InChI is InChI=1S/C13H20ClNO2S2/c1-10-4-3-5-12(6-10)15(2)19(16,17)13-7-11(8-14)9-18-13/h7,9-10,12H,3-6,8H2,1-2H3. The van der Waals surface area contributed by atoms with Gasteiger partial charge in [0.25, 0.3) is 10.0 Å². The van der Waals surface area contributed by atoms with Crippen LogP contribution in [0.25, 0.3) is 0 Å². The van der Waals surface area contributed by atoms with Gasteiger partial charge < -0.3 is 0 Å². The van der Waals surface area contributed by atoms with Crippen LogP contribution in [0.4, 0.5) is 0 Å². The summed E-state index contributed by atoms with van der Waals surface area (Å²) in [6.07, 6.45) is 4.25. The van der Waals surface area contributed by atoms with Gasteiger partial charge in [-0.05, 0) is 35.8 Å². The Labute approximate surface area is 124 Å². The molecule has 0 aromatic carbocycles. The number of halogens is 1. The van der Waals surface area contributed by atoms with Crippen molar-refractivity contribution in [3.8, 4) is 0 Å². The Bertz CT molecular complexity index is 527. The summed E-state index contributed by atoms with van der Waals surface area (Å²) in [5.41, 5.74) is 0.871. The van der Waals surface area contributed by atoms with Gasteiger partial charge in [-0.2, -0.15) is 4.31 Å². The van der Waals surface area contributed by atoms with Gasteiger partial charge in [0.1, 0.15) is 4.21 Å². The van der Waals surface area contributed by atoms with Gasteiger partial charge in [0.05, 0.1) is 0 Å². The molecule has 3 nitrogen and oxygen atoms in total. The van der Waals surface area contributed by atoms with Crippen LogP contribution in [0.3, 0.4) is 0 Å². The molecule has 2 unspecified atom stereocenters. The lowest BCUT2D eigenvalue weighted by Crippen LogP contribution is -2.39. The SMILES string of the molecule is CC1CCCC(N(C)S(=O)(=O)c2cc(CCl)cs2)C1. The topological polar surface area (TPSA) is 37.4 Å². The highest BCUT2D eigenvalue weighted by molar-refractivity contribution is 7.91. The van der Waals surface area contributed by atoms with Gasteiger partial charge in [0.2, 0.25) is 0 Å². The van der Waals surface area contributed by atoms with Gasteiger partial charge in [0.15, 0.2) is 0 Å². The largest absolute Gasteiger partial charge is 0.252 e. The minimum atomic E-state index is -3.36. The summed E-state index contributed by atoms with van der Waals surface area (Å²) >= 11 is 7.00. The molecule has 108 valence electrons. The molecule has 1 heterocycles. The first-order valence-electron chi connectivity index (χ1n) is 6.56. The lowest BCUT2D eigenvalue weighted by Gasteiger charge is -2.33. The first-order chi connectivity index (χ1) is 8.95. The van der Waals surface area contributed by atoms with Crippen molar-refractivity contribution in [3.63, 3.8) is 0 Å². The van der Waals surface area contributed by atoms with Gasteiger partial charge in [0, 0.05) is 19.0 Å². The second-order valence-corrected chi connectivity index (χ2v) is 8.76. The van der Waals surface area contributed by atoms with E-state index in [-0.39, 0.29) is 6.04 Å². The number of nitrogens with zero attached hydrogens (tertiary/aromatic N) is 1. The van der Waals surface area contributed by atoms with Crippen LogP contribution in [0.1, 0.15) is 38.2 Å². The average Bonchev–Trinajstić information content (AvgIpc) is 2.87. The van der Waals surface area contributed by atoms with Crippen LogP contribution >= 0.6 is 22.9 Å². The first kappa shape index (κ1) is 15.3. The van der Waals surface area contributed by atoms with E-state index in [4.69, 9.17) is 11.6 Å². The predicted molar refractivity (Wildman–Crippen MR) is 80.2 cm³/mol. The van der Waals surface area contributed by atoms with Gasteiger partial charge >= 0.3 is 0 Å². The number of hydrogen-bond acceptors (Lipinski definition) is 3. The van der Waals surface area contributed by atoms with Crippen molar-refractivity contribution in [2.45, 2.75) is 48.7 Å². The van der Waals surface area contributed by atoms with Crippen molar-refractivity contribution < 1.29 is 8.42 Å². The number of rotatable bonds is 4. The second kappa shape index (κ2) is 6.12. The molecule has 1 aliphatic rings. The van der Waals surface area contributed by atoms with Gasteiger partial charge in [-0.1, -0.05) is 19.8 Å². The fourth-order valence-corrected chi connectivity index (χ4v) is 5.66. The highest BCUT2D eigenvalue weighted by Crippen LogP contribution is 2.31. The summed E-state index contributed by atoms with van der Waals surface area (Å²) in [6, 6.07) is 1.82. The predicted octanol–water partition coefficient (Wildman–Crippen LogP) is 3.69. The molecule has 0 amide bonds. The normalized spacial score (nSPS) is 24.8. The van der Waals surface area contributed by atoms with Crippen LogP contribution in [0, 0.1) is 5.92 Å². The van der Waals surface area contributed by atoms with Crippen molar-refractivity contribution in [1.29, 1.82) is 0 Å². The Morgan fingerprint density at radius 2 is 2.21 bits per heavy atom. The maximum atomic E-state index is 12.6. The first-order valence-corrected chi connectivity index (χ1v) is 9.42. The van der Waals surface area contributed by atoms with Gasteiger partial charge in [-0.15, -0.1) is 22.9 Å². The lowest BCUT2D eigenvalue weighted by molar-refractivity contribution is 0.239. The molecule has 19 heavy (non-hydrogen) atoms. The third-order valence-electron chi connectivity index (χ3n) is 3.84. The highest BCUT2D eigenvalue weighted by Gasteiger charge is 2.31. The van der Waals surface area contributed by atoms with Crippen molar-refractivity contribution in [3.05, 3.63) is 17.0 Å². The lowest BCUT2D eigenvalue weighted by atomic mass is 9.87. The molecular weight excluding hydrogens is 302 g/mol. The van der Waals surface area contributed by atoms with E-state index in [0.29, 0.717) is 16.0 Å². The Kier molecular flexibility index (Phi) is 4.93. The Balaban J connectivity index is 2.18. The molecule has 1 fully saturated rings. The maximum Gasteiger partial charge on any atom is 0.252 e. The summed E-state index contributed by atoms with van der Waals surface area (Å²) in [7, 11) is -1.65. The van der Waals surface area contributed by atoms with Gasteiger partial charge in [-0.25, -0.2) is 8.42 Å². The highest BCUT2D eigenvalue weighted by atomic mass is 35.5. The van der Waals surface area contributed by atoms with E-state index in [0.717, 1.165) is 24.8 Å². The van der Waals surface area contributed by atoms with Crippen molar-refractivity contribution >= 4 is 33.0 Å². The molecule has 0 saturated heterocycles. The molecule has 1 saturated carbocycles. The smallest absolute Gasteiger partial charge is 0.206 e. The zero-order chi connectivity index (χ0) is 14.0. The molecule has 1 aromatic rings. The molecule has 0 aliphatic heterocycles. The summed E-state index contributed by atoms with van der Waals surface area (Å²) < 4.78 is 27.1. The van der Waals surface area contributed by atoms with E-state index >= 15 is 0 Å². The molecule has 2 rings (SSSR count). The minimum Gasteiger partial charge on any atom is -0.206 e. The Morgan fingerprint density at radius 3 is 2.79 bits per heavy atom. The molecule has 0 N–H and O–H groups in total. The number of hydrogen-bond donors (Lipinski definition) is 0. The zero-order valence-corrected chi connectivity index (χ0v) is 13.7. The number of thiophene rings is 1. The third-order valence-corrected chi connectivity index (χ3v) is 7.52. The molecule has 6 heteroatoms. The number of sulfonamides is 1. The van der Waals surface area contributed by atoms with Crippen LogP contribution < -0.4 is 0 Å². The van der Waals surface area contributed by atoms with E-state index in [2.05, 4.69) is 6.92 Å². The van der Waals surface area contributed by atoms with Crippen LogP contribution in [0.15, 0.2) is 15.7 Å². The Morgan fingerprint density at radius 1 is 1.47 bits per heavy atom. The van der Waals surface area contributed by atoms with Crippen LogP contribution in [0.5, 0.6) is 0 Å². The quantitative estimate of drug-likeness (QED) is 0.793. The van der Waals surface area contributed by atoms with E-state index in [9.17, 15) is 8.42 Å². The summed E-state index contributed by atoms with van der Waals surface area (Å²) in [4.78, 5) is 0. The molecule has 1 aromatic heterocycles. The van der Waals surface area contributed by atoms with Crippen molar-refractivity contribution in [2.24, 2.45) is 5.92 Å². The maximum absolute atomic E-state index is 12.6. The molecule has 2 atom stereocenters. The van der Waals surface area contributed by atoms with E-state index in [1.165, 1.54) is 17.8 Å². The minimum absolute atomic E-state index is 0.135. The van der Waals surface area contributed by atoms with Crippen LogP contribution in [-0.2, 0) is 15.9 Å². The molecule has 0 spiro atoms. The molecular formula is C13H20ClNO2S2. The molecule has 1 aliphatic carbocycles. The van der Waals surface area contributed by atoms with E-state index in [1.807, 2.05) is 5.38 Å². The monoisotopic (exact) mass is 321 g/mol. The van der Waals surface area contributed by atoms with Crippen LogP contribution in [-0.4, -0.2) is 25.8 Å². The summed E-state index contributed by atoms with van der Waals surface area (Å²) in [6.45, 7) is 2.20. The second-order valence-electron chi connectivity index (χ2n) is 5.35. The Hall–Kier alpha value is -0.100. The fourth-order valence-electron chi connectivity index (χ4n) is 2.63. The van der Waals surface area contributed by atoms with Crippen molar-refractivity contribution in [2.75, 3.05) is 7.05 Å². The van der Waals surface area contributed by atoms with E-state index < -0.39 is 10.0 Å². The fraction of sp³-hybridized carbons (Fsp3) is 0.692. The average molecular weight is 322 g/mol. The van der Waals surface area contributed by atoms with Crippen LogP contribution in [0.2, 0.25) is 0 Å². The number of alkyl halides is 1. The third kappa shape index (κ3) is 3.32. The van der Waals surface area contributed by atoms with Gasteiger partial charge in [-0.3, -0.25) is 0 Å². The molecule has 0 radical (unpaired) electrons.